The molecular weight excluding hydrogens is 426 g/mol. The Bertz CT molecular complexity index is 1090. The van der Waals surface area contributed by atoms with Crippen molar-refractivity contribution in [2.24, 2.45) is 0 Å². The number of ether oxygens (including phenoxy) is 2. The van der Waals surface area contributed by atoms with E-state index in [0.29, 0.717) is 33.2 Å². The average Bonchev–Trinajstić information content (AvgIpc) is 3.12. The maximum absolute atomic E-state index is 13.2. The number of hydrogen-bond acceptors (Lipinski definition) is 7. The fraction of sp³-hybridized carbons (Fsp3) is 0.250. The molecule has 1 aromatic heterocycles. The highest BCUT2D eigenvalue weighted by Crippen LogP contribution is 2.39. The largest absolute Gasteiger partial charge is 0.497 e. The molecule has 1 aliphatic rings. The smallest absolute Gasteiger partial charge is 0.240 e. The van der Waals surface area contributed by atoms with Gasteiger partial charge in [-0.15, -0.1) is 10.2 Å². The van der Waals surface area contributed by atoms with Gasteiger partial charge in [-0.25, -0.2) is 4.68 Å². The summed E-state index contributed by atoms with van der Waals surface area (Å²) >= 11 is 7.69. The quantitative estimate of drug-likeness (QED) is 0.619. The van der Waals surface area contributed by atoms with Crippen molar-refractivity contribution in [3.63, 3.8) is 0 Å². The predicted octanol–water partition coefficient (Wildman–Crippen LogP) is 3.65. The lowest BCUT2D eigenvalue weighted by Crippen LogP contribution is -2.41. The van der Waals surface area contributed by atoms with Crippen LogP contribution in [-0.4, -0.2) is 40.3 Å². The summed E-state index contributed by atoms with van der Waals surface area (Å²) in [5.41, 5.74) is 4.84. The third kappa shape index (κ3) is 3.90. The Morgan fingerprint density at radius 1 is 1.20 bits per heavy atom. The van der Waals surface area contributed by atoms with Crippen LogP contribution in [0.1, 0.15) is 17.4 Å². The molecule has 4 rings (SSSR count). The van der Waals surface area contributed by atoms with Crippen LogP contribution >= 0.6 is 23.4 Å². The summed E-state index contributed by atoms with van der Waals surface area (Å²) in [5, 5.41) is 11.8. The molecule has 8 nitrogen and oxygen atoms in total. The number of nitrogens with zero attached hydrogens (tertiary/aromatic N) is 3. The van der Waals surface area contributed by atoms with E-state index < -0.39 is 5.25 Å². The van der Waals surface area contributed by atoms with Crippen LogP contribution in [0.3, 0.4) is 0 Å². The lowest BCUT2D eigenvalue weighted by Gasteiger charge is -2.33. The van der Waals surface area contributed by atoms with Gasteiger partial charge >= 0.3 is 0 Å². The normalized spacial score (nSPS) is 17.6. The maximum atomic E-state index is 13.2. The second kappa shape index (κ2) is 8.45. The van der Waals surface area contributed by atoms with Gasteiger partial charge in [0.2, 0.25) is 11.1 Å². The summed E-state index contributed by atoms with van der Waals surface area (Å²) in [7, 11) is 3.15. The van der Waals surface area contributed by atoms with Gasteiger partial charge in [-0.2, -0.15) is 0 Å². The molecule has 0 saturated carbocycles. The average molecular weight is 446 g/mol. The number of hydrogen-bond donors (Lipinski definition) is 2. The zero-order chi connectivity index (χ0) is 21.3. The zero-order valence-corrected chi connectivity index (χ0v) is 18.1. The van der Waals surface area contributed by atoms with E-state index in [2.05, 4.69) is 20.9 Å². The Kier molecular flexibility index (Phi) is 5.74. The molecule has 0 spiro atoms. The molecule has 0 saturated heterocycles. The molecule has 2 N–H and O–H groups in total. The number of rotatable bonds is 5. The molecule has 2 aromatic carbocycles. The second-order valence-electron chi connectivity index (χ2n) is 6.63. The Morgan fingerprint density at radius 3 is 2.77 bits per heavy atom. The van der Waals surface area contributed by atoms with Crippen molar-refractivity contribution in [1.82, 2.24) is 14.9 Å². The van der Waals surface area contributed by atoms with E-state index in [4.69, 9.17) is 21.1 Å². The van der Waals surface area contributed by atoms with Gasteiger partial charge < -0.3 is 20.2 Å². The topological polar surface area (TPSA) is 90.3 Å². The molecule has 0 radical (unpaired) electrons. The number of methoxy groups -OCH3 is 2. The van der Waals surface area contributed by atoms with Crippen molar-refractivity contribution < 1.29 is 14.3 Å². The first kappa shape index (κ1) is 20.4. The van der Waals surface area contributed by atoms with E-state index in [1.165, 1.54) is 11.8 Å². The van der Waals surface area contributed by atoms with Crippen molar-refractivity contribution in [2.75, 3.05) is 25.0 Å². The third-order valence-electron chi connectivity index (χ3n) is 4.73. The standard InChI is InChI=1S/C20H20ClN5O3S/c1-11-23-24-20-26(11)25-17(12-7-8-16(29-3)15(21)9-12)18(30-20)19(27)22-13-5-4-6-14(10-13)28-2/h4-10,17-18,25H,1-3H3,(H,22,27)/t17-,18-/m1/s1. The van der Waals surface area contributed by atoms with Crippen LogP contribution in [0, 0.1) is 6.92 Å². The zero-order valence-electron chi connectivity index (χ0n) is 16.5. The molecule has 0 unspecified atom stereocenters. The SMILES string of the molecule is COc1cccc(NC(=O)[C@@H]2Sc3nnc(C)n3N[C@@H]2c2ccc(OC)c(Cl)c2)c1. The fourth-order valence-electron chi connectivity index (χ4n) is 3.20. The number of carbonyl (C=O) groups is 1. The number of halogens is 1. The van der Waals surface area contributed by atoms with Crippen LogP contribution < -0.4 is 20.2 Å². The van der Waals surface area contributed by atoms with Gasteiger partial charge in [0.25, 0.3) is 0 Å². The van der Waals surface area contributed by atoms with Crippen LogP contribution in [0.15, 0.2) is 47.6 Å². The summed E-state index contributed by atoms with van der Waals surface area (Å²) in [5.74, 6) is 1.76. The Morgan fingerprint density at radius 2 is 2.03 bits per heavy atom. The number of amides is 1. The Hall–Kier alpha value is -2.91. The van der Waals surface area contributed by atoms with Gasteiger partial charge in [-0.05, 0) is 36.8 Å². The van der Waals surface area contributed by atoms with E-state index in [-0.39, 0.29) is 11.9 Å². The molecule has 2 atom stereocenters. The number of anilines is 1. The highest BCUT2D eigenvalue weighted by Gasteiger charge is 2.37. The van der Waals surface area contributed by atoms with Gasteiger partial charge in [0.15, 0.2) is 0 Å². The number of benzene rings is 2. The van der Waals surface area contributed by atoms with Gasteiger partial charge in [0.1, 0.15) is 22.6 Å². The summed E-state index contributed by atoms with van der Waals surface area (Å²) in [6.07, 6.45) is 0. The number of aryl methyl sites for hydroxylation is 1. The lowest BCUT2D eigenvalue weighted by molar-refractivity contribution is -0.116. The number of carbonyl (C=O) groups excluding carboxylic acids is 1. The summed E-state index contributed by atoms with van der Waals surface area (Å²) in [6.45, 7) is 1.85. The molecule has 3 aromatic rings. The predicted molar refractivity (Wildman–Crippen MR) is 116 cm³/mol. The van der Waals surface area contributed by atoms with Crippen molar-refractivity contribution in [2.45, 2.75) is 23.4 Å². The molecule has 2 heterocycles. The first-order chi connectivity index (χ1) is 14.5. The third-order valence-corrected chi connectivity index (χ3v) is 6.24. The van der Waals surface area contributed by atoms with Crippen LogP contribution in [0.5, 0.6) is 11.5 Å². The number of nitrogens with one attached hydrogen (secondary N) is 2. The van der Waals surface area contributed by atoms with Gasteiger partial charge in [0, 0.05) is 11.8 Å². The molecule has 10 heteroatoms. The lowest BCUT2D eigenvalue weighted by atomic mass is 10.0. The van der Waals surface area contributed by atoms with E-state index in [9.17, 15) is 4.79 Å². The highest BCUT2D eigenvalue weighted by molar-refractivity contribution is 8.00. The van der Waals surface area contributed by atoms with Crippen LogP contribution in [0.4, 0.5) is 5.69 Å². The van der Waals surface area contributed by atoms with Crippen LogP contribution in [0.25, 0.3) is 0 Å². The second-order valence-corrected chi connectivity index (χ2v) is 8.14. The molecule has 0 aliphatic carbocycles. The molecule has 0 fully saturated rings. The first-order valence-electron chi connectivity index (χ1n) is 9.13. The minimum absolute atomic E-state index is 0.176. The Labute approximate surface area is 182 Å². The van der Waals surface area contributed by atoms with Gasteiger partial charge in [0.05, 0.1) is 25.3 Å². The molecular formula is C20H20ClN5O3S. The maximum Gasteiger partial charge on any atom is 0.240 e. The number of thioether (sulfide) groups is 1. The molecule has 1 amide bonds. The van der Waals surface area contributed by atoms with E-state index in [1.54, 1.807) is 37.1 Å². The number of aromatic nitrogens is 3. The molecule has 30 heavy (non-hydrogen) atoms. The van der Waals surface area contributed by atoms with Crippen molar-refractivity contribution in [3.05, 3.63) is 58.9 Å². The van der Waals surface area contributed by atoms with Crippen LogP contribution in [-0.2, 0) is 4.79 Å². The minimum atomic E-state index is -0.517. The van der Waals surface area contributed by atoms with E-state index in [0.717, 1.165) is 5.56 Å². The van der Waals surface area contributed by atoms with Crippen LogP contribution in [0.2, 0.25) is 5.02 Å². The van der Waals surface area contributed by atoms with Gasteiger partial charge in [-0.1, -0.05) is 35.5 Å². The van der Waals surface area contributed by atoms with E-state index in [1.807, 2.05) is 31.2 Å². The minimum Gasteiger partial charge on any atom is -0.497 e. The Balaban J connectivity index is 1.67. The summed E-state index contributed by atoms with van der Waals surface area (Å²) in [6, 6.07) is 12.3. The monoisotopic (exact) mass is 445 g/mol. The summed E-state index contributed by atoms with van der Waals surface area (Å²) < 4.78 is 12.3. The highest BCUT2D eigenvalue weighted by atomic mass is 35.5. The first-order valence-corrected chi connectivity index (χ1v) is 10.4. The van der Waals surface area contributed by atoms with E-state index >= 15 is 0 Å². The molecule has 0 bridgehead atoms. The molecule has 1 aliphatic heterocycles. The molecule has 156 valence electrons. The van der Waals surface area contributed by atoms with Crippen molar-refractivity contribution in [3.8, 4) is 11.5 Å². The fourth-order valence-corrected chi connectivity index (χ4v) is 4.59. The van der Waals surface area contributed by atoms with Crippen molar-refractivity contribution in [1.29, 1.82) is 0 Å². The van der Waals surface area contributed by atoms with Crippen molar-refractivity contribution >= 4 is 35.0 Å². The summed E-state index contributed by atoms with van der Waals surface area (Å²) in [4.78, 5) is 13.2. The van der Waals surface area contributed by atoms with Gasteiger partial charge in [-0.3, -0.25) is 4.79 Å². The number of fused-ring (bicyclic) bond motifs is 1.